The van der Waals surface area contributed by atoms with Crippen molar-refractivity contribution in [3.8, 4) is 5.69 Å². The van der Waals surface area contributed by atoms with Gasteiger partial charge in [-0.2, -0.15) is 5.10 Å². The maximum atomic E-state index is 12.4. The number of para-hydroxylation sites is 2. The molecule has 0 spiro atoms. The Morgan fingerprint density at radius 3 is 2.75 bits per heavy atom. The number of furan rings is 1. The summed E-state index contributed by atoms with van der Waals surface area (Å²) in [5.41, 5.74) is 3.39. The summed E-state index contributed by atoms with van der Waals surface area (Å²) in [4.78, 5) is 12.4. The van der Waals surface area contributed by atoms with Gasteiger partial charge < -0.3 is 14.5 Å². The molecule has 2 aromatic heterocycles. The molecular weight excluding hydrogens is 306 g/mol. The van der Waals surface area contributed by atoms with Gasteiger partial charge in [-0.15, -0.1) is 0 Å². The lowest BCUT2D eigenvalue weighted by Gasteiger charge is -2.11. The molecule has 0 atom stereocenters. The fourth-order valence-corrected chi connectivity index (χ4v) is 2.54. The molecule has 2 heterocycles. The number of nitrogens with one attached hydrogen (secondary N) is 1. The molecule has 0 aliphatic rings. The van der Waals surface area contributed by atoms with E-state index in [0.29, 0.717) is 18.1 Å². The molecule has 3 rings (SSSR count). The molecule has 0 bridgehead atoms. The maximum absolute atomic E-state index is 12.4. The van der Waals surface area contributed by atoms with E-state index in [1.54, 1.807) is 19.2 Å². The molecule has 1 N–H and O–H groups in total. The first-order valence-corrected chi connectivity index (χ1v) is 7.60. The summed E-state index contributed by atoms with van der Waals surface area (Å²) in [7, 11) is 1.58. The normalized spacial score (nSPS) is 10.8. The van der Waals surface area contributed by atoms with E-state index in [4.69, 9.17) is 9.15 Å². The van der Waals surface area contributed by atoms with Gasteiger partial charge in [0, 0.05) is 12.8 Å². The number of amides is 1. The first-order valence-electron chi connectivity index (χ1n) is 7.60. The highest BCUT2D eigenvalue weighted by atomic mass is 16.5. The number of hydrogen-bond acceptors (Lipinski definition) is 4. The zero-order valence-electron chi connectivity index (χ0n) is 13.9. The number of aryl methyl sites for hydroxylation is 2. The van der Waals surface area contributed by atoms with Crippen molar-refractivity contribution in [2.24, 2.45) is 0 Å². The van der Waals surface area contributed by atoms with Crippen LogP contribution in [0.2, 0.25) is 0 Å². The minimum absolute atomic E-state index is 0.241. The number of nitrogens with zero attached hydrogens (tertiary/aromatic N) is 2. The van der Waals surface area contributed by atoms with Gasteiger partial charge >= 0.3 is 0 Å². The van der Waals surface area contributed by atoms with Crippen molar-refractivity contribution < 1.29 is 13.9 Å². The van der Waals surface area contributed by atoms with Crippen LogP contribution >= 0.6 is 0 Å². The molecule has 24 heavy (non-hydrogen) atoms. The molecule has 0 radical (unpaired) electrons. The molecule has 6 heteroatoms. The minimum Gasteiger partial charge on any atom is -0.453 e. The molecule has 0 saturated heterocycles. The molecule has 1 amide bonds. The Hall–Kier alpha value is -2.86. The third-order valence-corrected chi connectivity index (χ3v) is 3.56. The fourth-order valence-electron chi connectivity index (χ4n) is 2.54. The van der Waals surface area contributed by atoms with Gasteiger partial charge in [-0.1, -0.05) is 12.1 Å². The Morgan fingerprint density at radius 2 is 2.04 bits per heavy atom. The van der Waals surface area contributed by atoms with E-state index >= 15 is 0 Å². The van der Waals surface area contributed by atoms with Crippen LogP contribution < -0.4 is 5.32 Å². The number of ether oxygens (including phenoxy) is 1. The van der Waals surface area contributed by atoms with Gasteiger partial charge in [0.15, 0.2) is 5.76 Å². The average Bonchev–Trinajstić information content (AvgIpc) is 3.15. The van der Waals surface area contributed by atoms with Crippen molar-refractivity contribution in [3.63, 3.8) is 0 Å². The number of carbonyl (C=O) groups is 1. The van der Waals surface area contributed by atoms with Crippen LogP contribution in [0.15, 0.2) is 46.9 Å². The summed E-state index contributed by atoms with van der Waals surface area (Å²) >= 11 is 0. The highest BCUT2D eigenvalue weighted by Gasteiger charge is 2.15. The monoisotopic (exact) mass is 325 g/mol. The second-order valence-corrected chi connectivity index (χ2v) is 5.51. The summed E-state index contributed by atoms with van der Waals surface area (Å²) in [6.07, 6.45) is 0. The molecule has 0 unspecified atom stereocenters. The summed E-state index contributed by atoms with van der Waals surface area (Å²) < 4.78 is 12.3. The number of carbonyl (C=O) groups excluding carboxylic acids is 1. The van der Waals surface area contributed by atoms with Gasteiger partial charge in [-0.25, -0.2) is 4.68 Å². The van der Waals surface area contributed by atoms with Crippen LogP contribution in [-0.4, -0.2) is 22.8 Å². The van der Waals surface area contributed by atoms with Crippen molar-refractivity contribution in [3.05, 3.63) is 65.4 Å². The van der Waals surface area contributed by atoms with Gasteiger partial charge in [0.2, 0.25) is 0 Å². The number of methoxy groups -OCH3 is 1. The zero-order valence-corrected chi connectivity index (χ0v) is 13.9. The summed E-state index contributed by atoms with van der Waals surface area (Å²) in [6, 6.07) is 12.9. The van der Waals surface area contributed by atoms with Crippen molar-refractivity contribution >= 4 is 11.6 Å². The van der Waals surface area contributed by atoms with E-state index in [9.17, 15) is 4.79 Å². The van der Waals surface area contributed by atoms with Crippen molar-refractivity contribution in [1.29, 1.82) is 0 Å². The topological polar surface area (TPSA) is 69.3 Å². The average molecular weight is 325 g/mol. The Morgan fingerprint density at radius 1 is 1.25 bits per heavy atom. The number of aromatic nitrogens is 2. The smallest absolute Gasteiger partial charge is 0.291 e. The van der Waals surface area contributed by atoms with Gasteiger partial charge in [-0.3, -0.25) is 4.79 Å². The largest absolute Gasteiger partial charge is 0.453 e. The number of benzene rings is 1. The summed E-state index contributed by atoms with van der Waals surface area (Å²) in [5, 5.41) is 7.36. The van der Waals surface area contributed by atoms with Gasteiger partial charge in [0.1, 0.15) is 12.4 Å². The first-order chi connectivity index (χ1) is 11.6. The predicted octanol–water partition coefficient (Wildman–Crippen LogP) is 3.48. The van der Waals surface area contributed by atoms with Crippen LogP contribution in [-0.2, 0) is 11.3 Å². The molecule has 1 aromatic carbocycles. The minimum atomic E-state index is -0.314. The Balaban J connectivity index is 1.87. The SMILES string of the molecule is COCc1ccc(C(=O)Nc2ccccc2-n2nc(C)cc2C)o1. The van der Waals surface area contributed by atoms with E-state index in [-0.39, 0.29) is 11.7 Å². The second-order valence-electron chi connectivity index (χ2n) is 5.51. The van der Waals surface area contributed by atoms with Crippen LogP contribution in [0.3, 0.4) is 0 Å². The molecule has 0 fully saturated rings. The Bertz CT molecular complexity index is 864. The number of hydrogen-bond donors (Lipinski definition) is 1. The van der Waals surface area contributed by atoms with Gasteiger partial charge in [0.25, 0.3) is 5.91 Å². The molecule has 3 aromatic rings. The van der Waals surface area contributed by atoms with E-state index < -0.39 is 0 Å². The third kappa shape index (κ3) is 3.23. The second kappa shape index (κ2) is 6.72. The lowest BCUT2D eigenvalue weighted by molar-refractivity contribution is 0.0987. The van der Waals surface area contributed by atoms with Crippen LogP contribution in [0.25, 0.3) is 5.69 Å². The van der Waals surface area contributed by atoms with Crippen molar-refractivity contribution in [2.75, 3.05) is 12.4 Å². The third-order valence-electron chi connectivity index (χ3n) is 3.56. The lowest BCUT2D eigenvalue weighted by atomic mass is 10.2. The highest BCUT2D eigenvalue weighted by molar-refractivity contribution is 6.03. The standard InChI is InChI=1S/C18H19N3O3/c1-12-10-13(2)21(20-12)16-7-5-4-6-15(16)19-18(22)17-9-8-14(24-17)11-23-3/h4-10H,11H2,1-3H3,(H,19,22). The number of anilines is 1. The molecular formula is C18H19N3O3. The van der Waals surface area contributed by atoms with Gasteiger partial charge in [0.05, 0.1) is 17.1 Å². The van der Waals surface area contributed by atoms with E-state index in [1.807, 2.05) is 48.9 Å². The first kappa shape index (κ1) is 16.0. The van der Waals surface area contributed by atoms with Crippen LogP contribution in [0.4, 0.5) is 5.69 Å². The molecule has 0 saturated carbocycles. The quantitative estimate of drug-likeness (QED) is 0.780. The predicted molar refractivity (Wildman–Crippen MR) is 90.4 cm³/mol. The highest BCUT2D eigenvalue weighted by Crippen LogP contribution is 2.22. The van der Waals surface area contributed by atoms with Gasteiger partial charge in [-0.05, 0) is 44.2 Å². The lowest BCUT2D eigenvalue weighted by Crippen LogP contribution is -2.13. The summed E-state index contributed by atoms with van der Waals surface area (Å²) in [6.45, 7) is 4.24. The van der Waals surface area contributed by atoms with E-state index in [0.717, 1.165) is 17.1 Å². The van der Waals surface area contributed by atoms with E-state index in [1.165, 1.54) is 0 Å². The fraction of sp³-hybridized carbons (Fsp3) is 0.222. The van der Waals surface area contributed by atoms with Crippen molar-refractivity contribution in [2.45, 2.75) is 20.5 Å². The van der Waals surface area contributed by atoms with Crippen LogP contribution in [0, 0.1) is 13.8 Å². The molecule has 0 aliphatic carbocycles. The molecule has 0 aliphatic heterocycles. The molecule has 124 valence electrons. The number of rotatable bonds is 5. The summed E-state index contributed by atoms with van der Waals surface area (Å²) in [5.74, 6) is 0.533. The van der Waals surface area contributed by atoms with Crippen molar-refractivity contribution in [1.82, 2.24) is 9.78 Å². The maximum Gasteiger partial charge on any atom is 0.291 e. The Kier molecular flexibility index (Phi) is 4.48. The molecule has 6 nitrogen and oxygen atoms in total. The van der Waals surface area contributed by atoms with Crippen LogP contribution in [0.5, 0.6) is 0 Å². The van der Waals surface area contributed by atoms with E-state index in [2.05, 4.69) is 10.4 Å². The zero-order chi connectivity index (χ0) is 17.1. The Labute approximate surface area is 140 Å². The van der Waals surface area contributed by atoms with Crippen LogP contribution in [0.1, 0.15) is 27.7 Å².